The zero-order valence-electron chi connectivity index (χ0n) is 23.5. The minimum absolute atomic E-state index is 0.0507. The molecule has 0 aliphatic heterocycles. The molecular weight excluding hydrogens is 468 g/mol. The predicted molar refractivity (Wildman–Crippen MR) is 158 cm³/mol. The largest absolute Gasteiger partial charge is 0.423 e. The van der Waals surface area contributed by atoms with Crippen molar-refractivity contribution in [2.24, 2.45) is 5.92 Å². The summed E-state index contributed by atoms with van der Waals surface area (Å²) in [6.45, 7) is 6.46. The number of Topliss-reactive ketones (excluding diaryl/α,β-unsaturated/α-hetero) is 1. The second-order valence-electron chi connectivity index (χ2n) is 10.5. The molecule has 3 rings (SSSR count). The molecule has 0 N–H and O–H groups in total. The van der Waals surface area contributed by atoms with Crippen LogP contribution in [-0.4, -0.2) is 11.8 Å². The van der Waals surface area contributed by atoms with Gasteiger partial charge in [0, 0.05) is 11.5 Å². The summed E-state index contributed by atoms with van der Waals surface area (Å²) in [5.74, 6) is 0.465. The Kier molecular flexibility index (Phi) is 12.3. The third-order valence-electron chi connectivity index (χ3n) is 7.26. The molecule has 0 aromatic heterocycles. The lowest BCUT2D eigenvalue weighted by Crippen LogP contribution is -2.11. The van der Waals surface area contributed by atoms with Crippen LogP contribution in [0.15, 0.2) is 72.8 Å². The van der Waals surface area contributed by atoms with Gasteiger partial charge < -0.3 is 4.74 Å². The highest BCUT2D eigenvalue weighted by atomic mass is 16.5. The van der Waals surface area contributed by atoms with E-state index in [9.17, 15) is 9.59 Å². The Balaban J connectivity index is 1.51. The molecule has 1 atom stereocenters. The fourth-order valence-electron chi connectivity index (χ4n) is 4.74. The van der Waals surface area contributed by atoms with Crippen LogP contribution < -0.4 is 4.74 Å². The van der Waals surface area contributed by atoms with E-state index in [4.69, 9.17) is 4.74 Å². The highest BCUT2D eigenvalue weighted by Gasteiger charge is 2.15. The first-order valence-electron chi connectivity index (χ1n) is 14.6. The van der Waals surface area contributed by atoms with Crippen molar-refractivity contribution in [3.8, 4) is 16.9 Å². The van der Waals surface area contributed by atoms with Gasteiger partial charge in [-0.3, -0.25) is 4.79 Å². The third kappa shape index (κ3) is 9.28. The van der Waals surface area contributed by atoms with Crippen LogP contribution in [0.3, 0.4) is 0 Å². The van der Waals surface area contributed by atoms with Gasteiger partial charge in [0.05, 0.1) is 5.56 Å². The molecule has 0 aliphatic rings. The molecule has 0 heterocycles. The van der Waals surface area contributed by atoms with Gasteiger partial charge in [0.1, 0.15) is 5.75 Å². The second kappa shape index (κ2) is 15.9. The highest BCUT2D eigenvalue weighted by molar-refractivity contribution is 5.98. The lowest BCUT2D eigenvalue weighted by Gasteiger charge is -2.11. The van der Waals surface area contributed by atoms with Crippen LogP contribution in [0.5, 0.6) is 5.75 Å². The van der Waals surface area contributed by atoms with Crippen LogP contribution in [0.2, 0.25) is 0 Å². The number of hydrogen-bond acceptors (Lipinski definition) is 3. The number of rotatable bonds is 16. The average molecular weight is 513 g/mol. The van der Waals surface area contributed by atoms with E-state index in [1.807, 2.05) is 67.6 Å². The Morgan fingerprint density at radius 1 is 0.632 bits per heavy atom. The van der Waals surface area contributed by atoms with E-state index in [0.717, 1.165) is 36.0 Å². The number of hydrogen-bond donors (Lipinski definition) is 0. The maximum Gasteiger partial charge on any atom is 0.343 e. The summed E-state index contributed by atoms with van der Waals surface area (Å²) in [5, 5.41) is 0. The first kappa shape index (κ1) is 29.4. The maximum absolute atomic E-state index is 12.8. The summed E-state index contributed by atoms with van der Waals surface area (Å²) in [7, 11) is 0. The normalized spacial score (nSPS) is 11.8. The van der Waals surface area contributed by atoms with Gasteiger partial charge in [-0.25, -0.2) is 4.79 Å². The zero-order valence-corrected chi connectivity index (χ0v) is 23.5. The van der Waals surface area contributed by atoms with E-state index in [0.29, 0.717) is 11.3 Å². The van der Waals surface area contributed by atoms with Crippen molar-refractivity contribution in [3.05, 3.63) is 89.5 Å². The summed E-state index contributed by atoms with van der Waals surface area (Å²) in [6.07, 6.45) is 13.1. The number of unbranched alkanes of at least 4 members (excludes halogenated alkanes) is 7. The Bertz CT molecular complexity index is 1110. The van der Waals surface area contributed by atoms with Gasteiger partial charge in [0.2, 0.25) is 0 Å². The van der Waals surface area contributed by atoms with Gasteiger partial charge in [0.15, 0.2) is 5.78 Å². The molecule has 1 unspecified atom stereocenters. The Hall–Kier alpha value is -3.20. The monoisotopic (exact) mass is 512 g/mol. The topological polar surface area (TPSA) is 43.4 Å². The molecule has 0 amide bonds. The van der Waals surface area contributed by atoms with Gasteiger partial charge in [0.25, 0.3) is 0 Å². The number of esters is 1. The summed E-state index contributed by atoms with van der Waals surface area (Å²) >= 11 is 0. The predicted octanol–water partition coefficient (Wildman–Crippen LogP) is 9.87. The average Bonchev–Trinajstić information content (AvgIpc) is 2.95. The summed E-state index contributed by atoms with van der Waals surface area (Å²) < 4.78 is 5.59. The molecule has 0 saturated heterocycles. The lowest BCUT2D eigenvalue weighted by atomic mass is 9.93. The molecule has 3 aromatic carbocycles. The maximum atomic E-state index is 12.8. The first-order chi connectivity index (χ1) is 18.5. The van der Waals surface area contributed by atoms with Gasteiger partial charge >= 0.3 is 5.97 Å². The number of benzene rings is 3. The van der Waals surface area contributed by atoms with Crippen LogP contribution >= 0.6 is 0 Å². The first-order valence-corrected chi connectivity index (χ1v) is 14.6. The molecule has 38 heavy (non-hydrogen) atoms. The van der Waals surface area contributed by atoms with E-state index < -0.39 is 0 Å². The third-order valence-corrected chi connectivity index (χ3v) is 7.26. The number of carbonyl (C=O) groups excluding carboxylic acids is 2. The molecular formula is C35H44O3. The molecule has 0 fully saturated rings. The molecule has 0 saturated carbocycles. The van der Waals surface area contributed by atoms with Crippen molar-refractivity contribution in [3.63, 3.8) is 0 Å². The molecule has 3 heteroatoms. The van der Waals surface area contributed by atoms with Crippen molar-refractivity contribution in [1.82, 2.24) is 0 Å². The van der Waals surface area contributed by atoms with E-state index in [-0.39, 0.29) is 17.7 Å². The summed E-state index contributed by atoms with van der Waals surface area (Å²) in [4.78, 5) is 25.4. The van der Waals surface area contributed by atoms with Gasteiger partial charge in [-0.2, -0.15) is 0 Å². The number of carbonyl (C=O) groups is 2. The van der Waals surface area contributed by atoms with Gasteiger partial charge in [-0.05, 0) is 60.2 Å². The Morgan fingerprint density at radius 2 is 1.16 bits per heavy atom. The van der Waals surface area contributed by atoms with Crippen molar-refractivity contribution >= 4 is 11.8 Å². The second-order valence-corrected chi connectivity index (χ2v) is 10.5. The van der Waals surface area contributed by atoms with E-state index in [1.165, 1.54) is 56.9 Å². The van der Waals surface area contributed by atoms with Crippen molar-refractivity contribution in [1.29, 1.82) is 0 Å². The van der Waals surface area contributed by atoms with Crippen LogP contribution in [0.4, 0.5) is 0 Å². The molecule has 3 aromatic rings. The Morgan fingerprint density at radius 3 is 1.74 bits per heavy atom. The molecule has 0 radical (unpaired) electrons. The van der Waals surface area contributed by atoms with Gasteiger partial charge in [-0.15, -0.1) is 0 Å². The van der Waals surface area contributed by atoms with Crippen LogP contribution in [0, 0.1) is 5.92 Å². The van der Waals surface area contributed by atoms with Crippen LogP contribution in [-0.2, 0) is 6.42 Å². The SMILES string of the molecule is CCCCCCCc1ccc(OC(=O)c2ccc(-c3ccc(C(=O)C(C)CCCCCC)cc3)cc2)cc1. The van der Waals surface area contributed by atoms with Crippen LogP contribution in [0.25, 0.3) is 11.1 Å². The zero-order chi connectivity index (χ0) is 27.2. The lowest BCUT2D eigenvalue weighted by molar-refractivity contribution is 0.0734. The smallest absolute Gasteiger partial charge is 0.343 e. The van der Waals surface area contributed by atoms with Gasteiger partial charge in [-0.1, -0.05) is 121 Å². The molecule has 202 valence electrons. The molecule has 0 aliphatic carbocycles. The minimum Gasteiger partial charge on any atom is -0.423 e. The van der Waals surface area contributed by atoms with Crippen molar-refractivity contribution in [2.45, 2.75) is 91.4 Å². The molecule has 3 nitrogen and oxygen atoms in total. The van der Waals surface area contributed by atoms with E-state index in [2.05, 4.69) is 13.8 Å². The number of ether oxygens (including phenoxy) is 1. The van der Waals surface area contributed by atoms with E-state index in [1.54, 1.807) is 12.1 Å². The highest BCUT2D eigenvalue weighted by Crippen LogP contribution is 2.23. The Labute approximate surface area is 229 Å². The fraction of sp³-hybridized carbons (Fsp3) is 0.429. The minimum atomic E-state index is -0.363. The number of aryl methyl sites for hydroxylation is 1. The number of ketones is 1. The molecule has 0 spiro atoms. The summed E-state index contributed by atoms with van der Waals surface area (Å²) in [5.41, 5.74) is 4.57. The summed E-state index contributed by atoms with van der Waals surface area (Å²) in [6, 6.07) is 23.1. The van der Waals surface area contributed by atoms with Crippen LogP contribution in [0.1, 0.15) is 111 Å². The van der Waals surface area contributed by atoms with Crippen molar-refractivity contribution < 1.29 is 14.3 Å². The quantitative estimate of drug-likeness (QED) is 0.0830. The fourth-order valence-corrected chi connectivity index (χ4v) is 4.74. The standard InChI is InChI=1S/C35H44O3/c1-4-6-8-10-12-14-28-15-25-33(26-16-28)38-35(37)32-23-19-30(20-24-32)29-17-21-31(22-18-29)34(36)27(3)13-11-9-7-5-2/h15-27H,4-14H2,1-3H3. The van der Waals surface area contributed by atoms with Crippen molar-refractivity contribution in [2.75, 3.05) is 0 Å². The van der Waals surface area contributed by atoms with E-state index >= 15 is 0 Å². The molecule has 0 bridgehead atoms.